The molecule has 2 aliphatic rings. The zero-order chi connectivity index (χ0) is 22.6. The van der Waals surface area contributed by atoms with Gasteiger partial charge in [-0.1, -0.05) is 30.3 Å². The van der Waals surface area contributed by atoms with Gasteiger partial charge < -0.3 is 10.2 Å². The molecule has 0 aliphatic carbocycles. The lowest BCUT2D eigenvalue weighted by molar-refractivity contribution is -0.117. The van der Waals surface area contributed by atoms with E-state index in [1.54, 1.807) is 48.5 Å². The SMILES string of the molecule is O=C(CN1C(=O)c2ccccc2N2C(=O)c3ccccc3[C@@H]12)Nc1ccc(F)c(F)c1F. The first-order chi connectivity index (χ1) is 15.4. The third-order valence-electron chi connectivity index (χ3n) is 5.51. The zero-order valence-electron chi connectivity index (χ0n) is 16.3. The van der Waals surface area contributed by atoms with Crippen LogP contribution in [0.2, 0.25) is 0 Å². The first-order valence-electron chi connectivity index (χ1n) is 9.64. The second-order valence-corrected chi connectivity index (χ2v) is 7.36. The van der Waals surface area contributed by atoms with Crippen LogP contribution in [0, 0.1) is 17.5 Å². The molecule has 32 heavy (non-hydrogen) atoms. The highest BCUT2D eigenvalue weighted by Gasteiger charge is 2.48. The van der Waals surface area contributed by atoms with Gasteiger partial charge in [0.1, 0.15) is 12.7 Å². The number of nitrogens with one attached hydrogen (secondary N) is 1. The van der Waals surface area contributed by atoms with E-state index >= 15 is 0 Å². The van der Waals surface area contributed by atoms with Crippen LogP contribution in [0.5, 0.6) is 0 Å². The Hall–Kier alpha value is -4.14. The maximum atomic E-state index is 14.0. The number of rotatable bonds is 3. The van der Waals surface area contributed by atoms with Crippen LogP contribution in [0.3, 0.4) is 0 Å². The lowest BCUT2D eigenvalue weighted by Gasteiger charge is -2.40. The normalized spacial score (nSPS) is 16.5. The summed E-state index contributed by atoms with van der Waals surface area (Å²) in [4.78, 5) is 41.7. The van der Waals surface area contributed by atoms with Crippen molar-refractivity contribution in [3.8, 4) is 0 Å². The van der Waals surface area contributed by atoms with Crippen molar-refractivity contribution in [3.63, 3.8) is 0 Å². The Morgan fingerprint density at radius 2 is 1.53 bits per heavy atom. The summed E-state index contributed by atoms with van der Waals surface area (Å²) in [6.07, 6.45) is -0.873. The van der Waals surface area contributed by atoms with Crippen molar-refractivity contribution in [2.45, 2.75) is 6.17 Å². The standard InChI is InChI=1S/C23H14F3N3O3/c24-15-9-10-16(20(26)19(15)25)27-18(30)11-28-21-12-5-1-2-6-13(12)23(32)29(21)17-8-4-3-7-14(17)22(28)31/h1-10,21H,11H2,(H,27,30)/t21-/m0/s1. The Bertz CT molecular complexity index is 1310. The van der Waals surface area contributed by atoms with Gasteiger partial charge in [-0.2, -0.15) is 0 Å². The van der Waals surface area contributed by atoms with E-state index in [9.17, 15) is 27.6 Å². The molecule has 2 aliphatic heterocycles. The van der Waals surface area contributed by atoms with Gasteiger partial charge in [-0.25, -0.2) is 13.2 Å². The largest absolute Gasteiger partial charge is 0.322 e. The number of carbonyl (C=O) groups excluding carboxylic acids is 3. The molecule has 0 saturated carbocycles. The molecule has 1 atom stereocenters. The van der Waals surface area contributed by atoms with Crippen LogP contribution in [0.1, 0.15) is 32.4 Å². The minimum atomic E-state index is -1.72. The molecule has 160 valence electrons. The minimum absolute atomic E-state index is 0.233. The van der Waals surface area contributed by atoms with Crippen molar-refractivity contribution in [2.75, 3.05) is 16.8 Å². The molecule has 0 fully saturated rings. The Kier molecular flexibility index (Phi) is 4.47. The maximum Gasteiger partial charge on any atom is 0.260 e. The van der Waals surface area contributed by atoms with E-state index in [4.69, 9.17) is 0 Å². The second-order valence-electron chi connectivity index (χ2n) is 7.36. The molecule has 0 saturated heterocycles. The second kappa shape index (κ2) is 7.23. The van der Waals surface area contributed by atoms with Crippen molar-refractivity contribution in [2.24, 2.45) is 0 Å². The lowest BCUT2D eigenvalue weighted by Crippen LogP contribution is -2.50. The quantitative estimate of drug-likeness (QED) is 0.633. The van der Waals surface area contributed by atoms with Gasteiger partial charge in [0, 0.05) is 11.1 Å². The van der Waals surface area contributed by atoms with Gasteiger partial charge in [0.05, 0.1) is 16.9 Å². The van der Waals surface area contributed by atoms with E-state index in [1.807, 2.05) is 0 Å². The molecule has 0 bridgehead atoms. The Labute approximate surface area is 179 Å². The number of hydrogen-bond donors (Lipinski definition) is 1. The maximum absolute atomic E-state index is 14.0. The summed E-state index contributed by atoms with van der Waals surface area (Å²) in [5, 5.41) is 2.17. The molecule has 5 rings (SSSR count). The van der Waals surface area contributed by atoms with Crippen LogP contribution in [-0.4, -0.2) is 29.2 Å². The molecule has 3 amide bonds. The van der Waals surface area contributed by atoms with Crippen molar-refractivity contribution in [3.05, 3.63) is 94.8 Å². The molecule has 6 nitrogen and oxygen atoms in total. The third kappa shape index (κ3) is 2.85. The fourth-order valence-corrected chi connectivity index (χ4v) is 4.10. The monoisotopic (exact) mass is 437 g/mol. The van der Waals surface area contributed by atoms with Crippen molar-refractivity contribution < 1.29 is 27.6 Å². The van der Waals surface area contributed by atoms with Crippen LogP contribution in [0.4, 0.5) is 24.5 Å². The molecule has 2 heterocycles. The predicted molar refractivity (Wildman–Crippen MR) is 108 cm³/mol. The predicted octanol–water partition coefficient (Wildman–Crippen LogP) is 3.86. The van der Waals surface area contributed by atoms with Crippen LogP contribution in [-0.2, 0) is 4.79 Å². The summed E-state index contributed by atoms with van der Waals surface area (Å²) in [6, 6.07) is 14.9. The van der Waals surface area contributed by atoms with Gasteiger partial charge in [0.15, 0.2) is 17.5 Å². The Balaban J connectivity index is 1.52. The van der Waals surface area contributed by atoms with Gasteiger partial charge in [-0.15, -0.1) is 0 Å². The number of halogens is 3. The van der Waals surface area contributed by atoms with Crippen LogP contribution in [0.15, 0.2) is 60.7 Å². The van der Waals surface area contributed by atoms with Gasteiger partial charge >= 0.3 is 0 Å². The third-order valence-corrected chi connectivity index (χ3v) is 5.51. The first-order valence-corrected chi connectivity index (χ1v) is 9.64. The molecule has 9 heteroatoms. The number of nitrogens with zero attached hydrogens (tertiary/aromatic N) is 2. The molecular formula is C23H14F3N3O3. The number of benzene rings is 3. The first kappa shape index (κ1) is 19.8. The number of para-hydroxylation sites is 1. The van der Waals surface area contributed by atoms with E-state index in [1.165, 1.54) is 9.80 Å². The summed E-state index contributed by atoms with van der Waals surface area (Å²) in [6.45, 7) is -0.547. The van der Waals surface area contributed by atoms with E-state index in [0.717, 1.165) is 6.07 Å². The van der Waals surface area contributed by atoms with Gasteiger partial charge in [-0.3, -0.25) is 19.3 Å². The topological polar surface area (TPSA) is 69.7 Å². The fourth-order valence-electron chi connectivity index (χ4n) is 4.10. The van der Waals surface area contributed by atoms with Crippen molar-refractivity contribution >= 4 is 29.1 Å². The average Bonchev–Trinajstić information content (AvgIpc) is 3.10. The molecule has 3 aromatic rings. The van der Waals surface area contributed by atoms with E-state index in [0.29, 0.717) is 22.9 Å². The molecule has 0 radical (unpaired) electrons. The van der Waals surface area contributed by atoms with Crippen LogP contribution in [0.25, 0.3) is 0 Å². The molecular weight excluding hydrogens is 423 g/mol. The summed E-state index contributed by atoms with van der Waals surface area (Å²) in [7, 11) is 0. The summed E-state index contributed by atoms with van der Waals surface area (Å²) in [5.41, 5.74) is 1.05. The highest BCUT2D eigenvalue weighted by molar-refractivity contribution is 6.17. The number of carbonyl (C=O) groups is 3. The highest BCUT2D eigenvalue weighted by atomic mass is 19.2. The van der Waals surface area contributed by atoms with Gasteiger partial charge in [0.2, 0.25) is 5.91 Å². The summed E-state index contributed by atoms with van der Waals surface area (Å²) < 4.78 is 40.6. The van der Waals surface area contributed by atoms with Crippen LogP contribution < -0.4 is 10.2 Å². The molecule has 3 aromatic carbocycles. The smallest absolute Gasteiger partial charge is 0.260 e. The minimum Gasteiger partial charge on any atom is -0.322 e. The molecule has 0 aromatic heterocycles. The number of anilines is 2. The summed E-state index contributed by atoms with van der Waals surface area (Å²) in [5.74, 6) is -6.29. The van der Waals surface area contributed by atoms with Gasteiger partial charge in [0.25, 0.3) is 11.8 Å². The van der Waals surface area contributed by atoms with E-state index < -0.39 is 47.7 Å². The summed E-state index contributed by atoms with van der Waals surface area (Å²) >= 11 is 0. The zero-order valence-corrected chi connectivity index (χ0v) is 16.3. The number of amides is 3. The molecule has 0 unspecified atom stereocenters. The Morgan fingerprint density at radius 3 is 2.31 bits per heavy atom. The van der Waals surface area contributed by atoms with Crippen molar-refractivity contribution in [1.29, 1.82) is 0 Å². The van der Waals surface area contributed by atoms with E-state index in [-0.39, 0.29) is 11.5 Å². The highest BCUT2D eigenvalue weighted by Crippen LogP contribution is 2.44. The van der Waals surface area contributed by atoms with Gasteiger partial charge in [-0.05, 0) is 30.3 Å². The van der Waals surface area contributed by atoms with Crippen molar-refractivity contribution in [1.82, 2.24) is 4.90 Å². The average molecular weight is 437 g/mol. The van der Waals surface area contributed by atoms with Crippen LogP contribution >= 0.6 is 0 Å². The number of hydrogen-bond acceptors (Lipinski definition) is 3. The number of fused-ring (bicyclic) bond motifs is 5. The lowest BCUT2D eigenvalue weighted by atomic mass is 10.0. The van der Waals surface area contributed by atoms with E-state index in [2.05, 4.69) is 5.32 Å². The molecule has 1 N–H and O–H groups in total. The molecule has 0 spiro atoms. The Morgan fingerprint density at radius 1 is 0.844 bits per heavy atom. The fraction of sp³-hybridized carbons (Fsp3) is 0.0870.